The predicted octanol–water partition coefficient (Wildman–Crippen LogP) is 3.27. The van der Waals surface area contributed by atoms with E-state index in [9.17, 15) is 18.0 Å². The van der Waals surface area contributed by atoms with Crippen LogP contribution in [0, 0.1) is 11.6 Å². The fourth-order valence-corrected chi connectivity index (χ4v) is 2.99. The van der Waals surface area contributed by atoms with Gasteiger partial charge in [-0.2, -0.15) is 0 Å². The number of carbonyl (C=O) groups excluding carboxylic acids is 1. The van der Waals surface area contributed by atoms with Gasteiger partial charge in [0.15, 0.2) is 11.6 Å². The molecule has 1 saturated heterocycles. The number of hydrogen-bond acceptors (Lipinski definition) is 3. The minimum atomic E-state index is -0.988. The number of amides is 1. The van der Waals surface area contributed by atoms with Gasteiger partial charge >= 0.3 is 0 Å². The largest absolute Gasteiger partial charge is 0.334 e. The monoisotopic (exact) mass is 312 g/mol. The van der Waals surface area contributed by atoms with Gasteiger partial charge in [-0.05, 0) is 24.6 Å². The van der Waals surface area contributed by atoms with Gasteiger partial charge in [0.1, 0.15) is 16.9 Å². The van der Waals surface area contributed by atoms with Crippen molar-refractivity contribution in [2.75, 3.05) is 13.1 Å². The van der Waals surface area contributed by atoms with Crippen molar-refractivity contribution in [3.8, 4) is 10.6 Å². The van der Waals surface area contributed by atoms with Gasteiger partial charge in [0.05, 0.1) is 6.54 Å². The molecule has 3 nitrogen and oxygen atoms in total. The maximum atomic E-state index is 13.2. The molecule has 1 aliphatic rings. The number of likely N-dealkylation sites (tertiary alicyclic amines) is 1. The van der Waals surface area contributed by atoms with Gasteiger partial charge < -0.3 is 4.90 Å². The van der Waals surface area contributed by atoms with Crippen molar-refractivity contribution in [2.24, 2.45) is 0 Å². The molecule has 0 aliphatic carbocycles. The Balaban J connectivity index is 1.82. The molecule has 0 spiro atoms. The molecule has 7 heteroatoms. The Morgan fingerprint density at radius 2 is 2.14 bits per heavy atom. The molecule has 110 valence electrons. The summed E-state index contributed by atoms with van der Waals surface area (Å²) >= 11 is 1.16. The van der Waals surface area contributed by atoms with Crippen LogP contribution in [0.15, 0.2) is 23.6 Å². The Morgan fingerprint density at radius 3 is 2.81 bits per heavy atom. The van der Waals surface area contributed by atoms with Crippen molar-refractivity contribution >= 4 is 17.2 Å². The quantitative estimate of drug-likeness (QED) is 0.852. The molecular formula is C14H11F3N2OS. The normalized spacial score (nSPS) is 18.2. The summed E-state index contributed by atoms with van der Waals surface area (Å²) < 4.78 is 39.2. The first-order valence-electron chi connectivity index (χ1n) is 6.39. The maximum absolute atomic E-state index is 13.2. The van der Waals surface area contributed by atoms with Crippen molar-refractivity contribution in [2.45, 2.75) is 12.6 Å². The van der Waals surface area contributed by atoms with E-state index in [1.54, 1.807) is 5.38 Å². The zero-order valence-corrected chi connectivity index (χ0v) is 11.7. The van der Waals surface area contributed by atoms with E-state index in [-0.39, 0.29) is 18.1 Å². The fourth-order valence-electron chi connectivity index (χ4n) is 2.20. The van der Waals surface area contributed by atoms with Crippen LogP contribution in [-0.2, 0) is 0 Å². The number of nitrogens with zero attached hydrogens (tertiary/aromatic N) is 2. The van der Waals surface area contributed by atoms with E-state index in [0.717, 1.165) is 23.5 Å². The number of thiazole rings is 1. The summed E-state index contributed by atoms with van der Waals surface area (Å²) in [6, 6.07) is 3.45. The van der Waals surface area contributed by atoms with Crippen LogP contribution in [0.1, 0.15) is 16.9 Å². The van der Waals surface area contributed by atoms with Crippen molar-refractivity contribution in [1.82, 2.24) is 9.88 Å². The summed E-state index contributed by atoms with van der Waals surface area (Å²) in [6.07, 6.45) is -0.649. The van der Waals surface area contributed by atoms with Gasteiger partial charge in [-0.15, -0.1) is 11.3 Å². The van der Waals surface area contributed by atoms with Crippen molar-refractivity contribution in [1.29, 1.82) is 0 Å². The first-order chi connectivity index (χ1) is 10.0. The molecule has 0 unspecified atom stereocenters. The Kier molecular flexibility index (Phi) is 3.67. The molecule has 1 atom stereocenters. The van der Waals surface area contributed by atoms with Crippen LogP contribution in [0.3, 0.4) is 0 Å². The highest BCUT2D eigenvalue weighted by Gasteiger charge is 2.28. The molecule has 0 N–H and O–H groups in total. The summed E-state index contributed by atoms with van der Waals surface area (Å²) in [5, 5.41) is 1.97. The molecule has 21 heavy (non-hydrogen) atoms. The number of aromatic nitrogens is 1. The summed E-state index contributed by atoms with van der Waals surface area (Å²) in [5.74, 6) is -2.23. The van der Waals surface area contributed by atoms with Gasteiger partial charge in [0.2, 0.25) is 0 Å². The molecule has 2 aromatic rings. The number of rotatable bonds is 2. The van der Waals surface area contributed by atoms with Crippen LogP contribution in [0.5, 0.6) is 0 Å². The maximum Gasteiger partial charge on any atom is 0.273 e. The SMILES string of the molecule is O=C(c1csc(-c2ccc(F)c(F)c2)n1)N1CC[C@H](F)C1. The van der Waals surface area contributed by atoms with Crippen molar-refractivity contribution in [3.63, 3.8) is 0 Å². The number of benzene rings is 1. The van der Waals surface area contributed by atoms with Crippen molar-refractivity contribution in [3.05, 3.63) is 40.9 Å². The lowest BCUT2D eigenvalue weighted by Gasteiger charge is -2.12. The van der Waals surface area contributed by atoms with Gasteiger partial charge in [0.25, 0.3) is 5.91 Å². The van der Waals surface area contributed by atoms with Gasteiger partial charge in [0, 0.05) is 17.5 Å². The van der Waals surface area contributed by atoms with Crippen LogP contribution in [0.2, 0.25) is 0 Å². The fraction of sp³-hybridized carbons (Fsp3) is 0.286. The molecule has 1 fully saturated rings. The lowest BCUT2D eigenvalue weighted by Crippen LogP contribution is -2.29. The number of halogens is 3. The highest BCUT2D eigenvalue weighted by Crippen LogP contribution is 2.26. The number of carbonyl (C=O) groups is 1. The second-order valence-corrected chi connectivity index (χ2v) is 5.66. The van der Waals surface area contributed by atoms with E-state index in [2.05, 4.69) is 4.98 Å². The lowest BCUT2D eigenvalue weighted by atomic mass is 10.2. The molecule has 0 radical (unpaired) electrons. The molecule has 0 saturated carbocycles. The summed E-state index contributed by atoms with van der Waals surface area (Å²) in [4.78, 5) is 17.7. The van der Waals surface area contributed by atoms with Crippen molar-refractivity contribution < 1.29 is 18.0 Å². The zero-order valence-electron chi connectivity index (χ0n) is 10.9. The lowest BCUT2D eigenvalue weighted by molar-refractivity contribution is 0.0778. The Bertz CT molecular complexity index is 689. The van der Waals surface area contributed by atoms with E-state index in [1.165, 1.54) is 11.0 Å². The second-order valence-electron chi connectivity index (χ2n) is 4.80. The Labute approximate surface area is 123 Å². The first-order valence-corrected chi connectivity index (χ1v) is 7.27. The van der Waals surface area contributed by atoms with Gasteiger partial charge in [-0.25, -0.2) is 18.2 Å². The van der Waals surface area contributed by atoms with E-state index in [4.69, 9.17) is 0 Å². The Morgan fingerprint density at radius 1 is 1.33 bits per heavy atom. The molecule has 1 amide bonds. The zero-order chi connectivity index (χ0) is 15.0. The molecule has 2 heterocycles. The topological polar surface area (TPSA) is 33.2 Å². The van der Waals surface area contributed by atoms with Gasteiger partial charge in [-0.3, -0.25) is 4.79 Å². The first kappa shape index (κ1) is 14.1. The second kappa shape index (κ2) is 5.48. The van der Waals surface area contributed by atoms with Crippen LogP contribution < -0.4 is 0 Å². The van der Waals surface area contributed by atoms with E-state index in [0.29, 0.717) is 23.5 Å². The van der Waals surface area contributed by atoms with Gasteiger partial charge in [-0.1, -0.05) is 0 Å². The summed E-state index contributed by atoms with van der Waals surface area (Å²) in [6.45, 7) is 0.453. The average Bonchev–Trinajstić information content (AvgIpc) is 3.10. The standard InChI is InChI=1S/C14H11F3N2OS/c15-9-3-4-19(6-9)14(20)12-7-21-13(18-12)8-1-2-10(16)11(17)5-8/h1-2,5,7,9H,3-4,6H2/t9-/m0/s1. The predicted molar refractivity (Wildman–Crippen MR) is 72.9 cm³/mol. The third-order valence-electron chi connectivity index (χ3n) is 3.31. The molecule has 0 bridgehead atoms. The van der Waals surface area contributed by atoms with Crippen LogP contribution in [0.25, 0.3) is 10.6 Å². The molecule has 1 aliphatic heterocycles. The minimum absolute atomic E-state index is 0.0802. The van der Waals surface area contributed by atoms with E-state index in [1.807, 2.05) is 0 Å². The number of alkyl halides is 1. The number of hydrogen-bond donors (Lipinski definition) is 0. The van der Waals surface area contributed by atoms with Crippen LogP contribution in [-0.4, -0.2) is 35.1 Å². The molecular weight excluding hydrogens is 301 g/mol. The highest BCUT2D eigenvalue weighted by atomic mass is 32.1. The summed E-state index contributed by atoms with van der Waals surface area (Å²) in [7, 11) is 0. The van der Waals surface area contributed by atoms with E-state index < -0.39 is 17.8 Å². The minimum Gasteiger partial charge on any atom is -0.334 e. The van der Waals surface area contributed by atoms with Crippen LogP contribution >= 0.6 is 11.3 Å². The molecule has 3 rings (SSSR count). The smallest absolute Gasteiger partial charge is 0.273 e. The van der Waals surface area contributed by atoms with E-state index >= 15 is 0 Å². The van der Waals surface area contributed by atoms with Crippen LogP contribution in [0.4, 0.5) is 13.2 Å². The Hall–Kier alpha value is -1.89. The third-order valence-corrected chi connectivity index (χ3v) is 4.20. The molecule has 1 aromatic heterocycles. The highest BCUT2D eigenvalue weighted by molar-refractivity contribution is 7.13. The third kappa shape index (κ3) is 2.78. The average molecular weight is 312 g/mol. The molecule has 1 aromatic carbocycles. The summed E-state index contributed by atoms with van der Waals surface area (Å²) in [5.41, 5.74) is 0.608.